The zero-order valence-corrected chi connectivity index (χ0v) is 17.0. The van der Waals surface area contributed by atoms with Gasteiger partial charge in [-0.3, -0.25) is 0 Å². The number of pyridine rings is 1. The van der Waals surface area contributed by atoms with Gasteiger partial charge in [-0.2, -0.15) is 0 Å². The van der Waals surface area contributed by atoms with Crippen molar-refractivity contribution in [1.82, 2.24) is 0 Å². The summed E-state index contributed by atoms with van der Waals surface area (Å²) in [7, 11) is 1.88. The molecule has 146 valence electrons. The number of aryl methyl sites for hydroxylation is 4. The molecule has 0 saturated heterocycles. The van der Waals surface area contributed by atoms with Crippen LogP contribution >= 0.6 is 0 Å². The SMILES string of the molecule is [2H]C([2H])([2H])c1c[n+](C)c(-c2c(C)ccc3c2oc2cc4c(cc23)oc2ccccc24)cc1C. The molecule has 3 nitrogen and oxygen atoms in total. The van der Waals surface area contributed by atoms with Crippen LogP contribution in [0.3, 0.4) is 0 Å². The molecule has 0 aliphatic rings. The molecule has 0 aliphatic heterocycles. The van der Waals surface area contributed by atoms with Crippen LogP contribution in [0.25, 0.3) is 55.1 Å². The Balaban J connectivity index is 1.66. The summed E-state index contributed by atoms with van der Waals surface area (Å²) in [6, 6.07) is 18.2. The van der Waals surface area contributed by atoms with Crippen molar-refractivity contribution in [3.63, 3.8) is 0 Å². The number of furan rings is 2. The normalized spacial score (nSPS) is 13.9. The molecule has 0 radical (unpaired) electrons. The molecule has 3 aromatic carbocycles. The molecule has 3 aromatic heterocycles. The third-order valence-electron chi connectivity index (χ3n) is 6.08. The van der Waals surface area contributed by atoms with E-state index in [-0.39, 0.29) is 0 Å². The lowest BCUT2D eigenvalue weighted by Crippen LogP contribution is -2.31. The van der Waals surface area contributed by atoms with Crippen molar-refractivity contribution >= 4 is 43.9 Å². The Morgan fingerprint density at radius 3 is 2.33 bits per heavy atom. The number of hydrogen-bond donors (Lipinski definition) is 0. The molecule has 0 aliphatic carbocycles. The molecule has 0 bridgehead atoms. The second-order valence-corrected chi connectivity index (χ2v) is 8.05. The van der Waals surface area contributed by atoms with Crippen LogP contribution in [-0.4, -0.2) is 0 Å². The molecule has 0 spiro atoms. The zero-order chi connectivity index (χ0) is 23.1. The van der Waals surface area contributed by atoms with Gasteiger partial charge in [0.2, 0.25) is 5.69 Å². The first-order chi connectivity index (χ1) is 15.7. The summed E-state index contributed by atoms with van der Waals surface area (Å²) in [5.41, 5.74) is 7.31. The van der Waals surface area contributed by atoms with Crippen LogP contribution < -0.4 is 4.57 Å². The van der Waals surface area contributed by atoms with Gasteiger partial charge in [0.1, 0.15) is 29.4 Å². The van der Waals surface area contributed by atoms with Gasteiger partial charge in [-0.1, -0.05) is 30.3 Å². The number of aromatic nitrogens is 1. The summed E-state index contributed by atoms with van der Waals surface area (Å²) in [6.45, 7) is 1.74. The predicted octanol–water partition coefficient (Wildman–Crippen LogP) is 6.90. The van der Waals surface area contributed by atoms with E-state index >= 15 is 0 Å². The maximum atomic E-state index is 7.84. The summed E-state index contributed by atoms with van der Waals surface area (Å²) in [5, 5.41) is 4.09. The highest BCUT2D eigenvalue weighted by Gasteiger charge is 2.22. The monoisotopic (exact) mass is 395 g/mol. The van der Waals surface area contributed by atoms with Crippen LogP contribution in [0.4, 0.5) is 0 Å². The van der Waals surface area contributed by atoms with Gasteiger partial charge in [-0.25, -0.2) is 4.57 Å². The third kappa shape index (κ3) is 2.29. The standard InChI is InChI=1S/C27H22NO2/c1-15-9-10-19-21-13-24-20(18-7-5-6-8-23(18)29-24)12-25(21)30-27(19)26(15)22-11-16(2)17(3)14-28(22)4/h5-14H,1-4H3/q+1/i3D3. The van der Waals surface area contributed by atoms with Crippen molar-refractivity contribution in [2.24, 2.45) is 7.05 Å². The highest BCUT2D eigenvalue weighted by Crippen LogP contribution is 2.40. The Hall–Kier alpha value is -3.59. The van der Waals surface area contributed by atoms with Gasteiger partial charge in [-0.05, 0) is 50.0 Å². The van der Waals surface area contributed by atoms with Gasteiger partial charge >= 0.3 is 0 Å². The molecule has 0 atom stereocenters. The Morgan fingerprint density at radius 1 is 0.733 bits per heavy atom. The van der Waals surface area contributed by atoms with Crippen LogP contribution in [-0.2, 0) is 7.05 Å². The molecule has 0 unspecified atom stereocenters. The summed E-state index contributed by atoms with van der Waals surface area (Å²) in [5.74, 6) is 0. The molecule has 6 aromatic rings. The topological polar surface area (TPSA) is 30.2 Å². The number of nitrogens with zero attached hydrogens (tertiary/aromatic N) is 1. The van der Waals surface area contributed by atoms with Gasteiger partial charge in [0.15, 0.2) is 6.20 Å². The minimum atomic E-state index is -2.16. The first kappa shape index (κ1) is 14.4. The number of benzene rings is 3. The van der Waals surface area contributed by atoms with E-state index in [1.54, 1.807) is 6.20 Å². The van der Waals surface area contributed by atoms with Gasteiger partial charge in [0, 0.05) is 37.3 Å². The van der Waals surface area contributed by atoms with E-state index in [4.69, 9.17) is 12.9 Å². The number of hydrogen-bond acceptors (Lipinski definition) is 2. The fourth-order valence-electron chi connectivity index (χ4n) is 4.47. The van der Waals surface area contributed by atoms with Crippen LogP contribution in [0.2, 0.25) is 0 Å². The Bertz CT molecular complexity index is 1740. The molecule has 0 N–H and O–H groups in total. The largest absolute Gasteiger partial charge is 0.456 e. The van der Waals surface area contributed by atoms with Crippen molar-refractivity contribution in [3.8, 4) is 11.3 Å². The molecule has 0 fully saturated rings. The van der Waals surface area contributed by atoms with Crippen LogP contribution in [0.15, 0.2) is 69.6 Å². The smallest absolute Gasteiger partial charge is 0.216 e. The Kier molecular flexibility index (Phi) is 2.86. The van der Waals surface area contributed by atoms with Crippen molar-refractivity contribution < 1.29 is 17.5 Å². The van der Waals surface area contributed by atoms with Gasteiger partial charge in [-0.15, -0.1) is 0 Å². The van der Waals surface area contributed by atoms with Crippen molar-refractivity contribution in [2.75, 3.05) is 0 Å². The summed E-state index contributed by atoms with van der Waals surface area (Å²) in [6.07, 6.45) is 1.71. The number of rotatable bonds is 1. The Labute approximate surface area is 178 Å². The fraction of sp³-hybridized carbons (Fsp3) is 0.148. The van der Waals surface area contributed by atoms with Crippen LogP contribution in [0.1, 0.15) is 20.8 Å². The molecule has 3 heteroatoms. The molecule has 6 rings (SSSR count). The summed E-state index contributed by atoms with van der Waals surface area (Å²) in [4.78, 5) is 0. The van der Waals surface area contributed by atoms with Crippen molar-refractivity contribution in [3.05, 3.63) is 77.5 Å². The molecule has 30 heavy (non-hydrogen) atoms. The fourth-order valence-corrected chi connectivity index (χ4v) is 4.47. The highest BCUT2D eigenvalue weighted by molar-refractivity contribution is 6.16. The van der Waals surface area contributed by atoms with Crippen LogP contribution in [0, 0.1) is 20.7 Å². The molecular formula is C27H22NO2+. The summed E-state index contributed by atoms with van der Waals surface area (Å²) < 4.78 is 38.0. The van der Waals surface area contributed by atoms with E-state index in [0.29, 0.717) is 5.56 Å². The van der Waals surface area contributed by atoms with E-state index in [9.17, 15) is 0 Å². The van der Waals surface area contributed by atoms with Crippen molar-refractivity contribution in [2.45, 2.75) is 20.7 Å². The first-order valence-corrected chi connectivity index (χ1v) is 10.0. The minimum absolute atomic E-state index is 0.357. The minimum Gasteiger partial charge on any atom is -0.456 e. The molecule has 3 heterocycles. The van der Waals surface area contributed by atoms with Crippen LogP contribution in [0.5, 0.6) is 0 Å². The number of para-hydroxylation sites is 1. The zero-order valence-electron chi connectivity index (χ0n) is 20.0. The predicted molar refractivity (Wildman–Crippen MR) is 122 cm³/mol. The van der Waals surface area contributed by atoms with E-state index < -0.39 is 6.85 Å². The average molecular weight is 395 g/mol. The first-order valence-electron chi connectivity index (χ1n) is 11.5. The van der Waals surface area contributed by atoms with Crippen molar-refractivity contribution in [1.29, 1.82) is 0 Å². The quantitative estimate of drug-likeness (QED) is 0.283. The maximum absolute atomic E-state index is 7.84. The van der Waals surface area contributed by atoms with Gasteiger partial charge < -0.3 is 8.83 Å². The maximum Gasteiger partial charge on any atom is 0.216 e. The Morgan fingerprint density at radius 2 is 1.50 bits per heavy atom. The van der Waals surface area contributed by atoms with E-state index in [1.807, 2.05) is 49.7 Å². The summed E-state index contributed by atoms with van der Waals surface area (Å²) >= 11 is 0. The van der Waals surface area contributed by atoms with Gasteiger partial charge in [0.25, 0.3) is 0 Å². The van der Waals surface area contributed by atoms with E-state index in [0.717, 1.165) is 66.3 Å². The average Bonchev–Trinajstić information content (AvgIpc) is 3.30. The molecular weight excluding hydrogens is 370 g/mol. The second kappa shape index (κ2) is 5.96. The van der Waals surface area contributed by atoms with E-state index in [2.05, 4.69) is 30.3 Å². The molecule has 0 saturated carbocycles. The lowest BCUT2D eigenvalue weighted by atomic mass is 9.99. The number of fused-ring (bicyclic) bond motifs is 6. The van der Waals surface area contributed by atoms with E-state index in [1.165, 1.54) is 0 Å². The molecule has 0 amide bonds. The third-order valence-corrected chi connectivity index (χ3v) is 6.08. The second-order valence-electron chi connectivity index (χ2n) is 8.05. The highest BCUT2D eigenvalue weighted by atomic mass is 16.3. The lowest BCUT2D eigenvalue weighted by molar-refractivity contribution is -0.660. The van der Waals surface area contributed by atoms with Gasteiger partial charge in [0.05, 0.1) is 5.56 Å². The lowest BCUT2D eigenvalue weighted by Gasteiger charge is -2.07.